The van der Waals surface area contributed by atoms with Crippen molar-refractivity contribution in [2.24, 2.45) is 0 Å². The first-order chi connectivity index (χ1) is 13.8. The summed E-state index contributed by atoms with van der Waals surface area (Å²) >= 11 is 5.92. The molecule has 0 radical (unpaired) electrons. The summed E-state index contributed by atoms with van der Waals surface area (Å²) in [4.78, 5) is 12.2. The van der Waals surface area contributed by atoms with Crippen molar-refractivity contribution in [3.05, 3.63) is 83.1 Å². The standard InChI is InChI=1S/C22H22ClN5/c23-18-7-5-16(6-8-18)9-12-24-21-11-14-26-22(28-21)25-13-10-17-15-27-20-4-2-1-3-19(17)20/h1-8,11,14-15,27H,9-10,12-13H2,(H2,24,25,26,28). The zero-order valence-electron chi connectivity index (χ0n) is 15.5. The van der Waals surface area contributed by atoms with Crippen LogP contribution in [0.25, 0.3) is 10.9 Å². The SMILES string of the molecule is Clc1ccc(CCNc2ccnc(NCCc3c[nH]c4ccccc34)n2)cc1. The summed E-state index contributed by atoms with van der Waals surface area (Å²) in [6.45, 7) is 1.57. The van der Waals surface area contributed by atoms with Crippen LogP contribution in [0.15, 0.2) is 67.0 Å². The van der Waals surface area contributed by atoms with E-state index in [0.717, 1.165) is 36.8 Å². The summed E-state index contributed by atoms with van der Waals surface area (Å²) in [6.07, 6.45) is 5.65. The summed E-state index contributed by atoms with van der Waals surface area (Å²) in [5, 5.41) is 8.69. The third kappa shape index (κ3) is 4.61. The van der Waals surface area contributed by atoms with Gasteiger partial charge in [-0.2, -0.15) is 4.98 Å². The van der Waals surface area contributed by atoms with E-state index in [4.69, 9.17) is 11.6 Å². The number of nitrogens with zero attached hydrogens (tertiary/aromatic N) is 2. The number of nitrogens with one attached hydrogen (secondary N) is 3. The lowest BCUT2D eigenvalue weighted by atomic mass is 10.1. The molecule has 28 heavy (non-hydrogen) atoms. The highest BCUT2D eigenvalue weighted by atomic mass is 35.5. The molecule has 0 spiro atoms. The molecule has 3 N–H and O–H groups in total. The summed E-state index contributed by atoms with van der Waals surface area (Å²) < 4.78 is 0. The predicted octanol–water partition coefficient (Wildman–Crippen LogP) is 4.92. The Morgan fingerprint density at radius 1 is 0.893 bits per heavy atom. The molecule has 0 amide bonds. The molecule has 0 bridgehead atoms. The molecule has 5 nitrogen and oxygen atoms in total. The van der Waals surface area contributed by atoms with Gasteiger partial charge in [0.05, 0.1) is 0 Å². The number of hydrogen-bond acceptors (Lipinski definition) is 4. The van der Waals surface area contributed by atoms with Gasteiger partial charge in [0.25, 0.3) is 0 Å². The van der Waals surface area contributed by atoms with E-state index in [2.05, 4.69) is 50.0 Å². The van der Waals surface area contributed by atoms with Crippen LogP contribution < -0.4 is 10.6 Å². The molecule has 4 rings (SSSR count). The molecule has 2 aromatic carbocycles. The van der Waals surface area contributed by atoms with Crippen molar-refractivity contribution in [3.8, 4) is 0 Å². The van der Waals surface area contributed by atoms with Gasteiger partial charge < -0.3 is 15.6 Å². The van der Waals surface area contributed by atoms with E-state index < -0.39 is 0 Å². The first-order valence-electron chi connectivity index (χ1n) is 9.38. The zero-order valence-corrected chi connectivity index (χ0v) is 16.2. The molecule has 0 saturated carbocycles. The zero-order chi connectivity index (χ0) is 19.2. The average molecular weight is 392 g/mol. The van der Waals surface area contributed by atoms with E-state index in [9.17, 15) is 0 Å². The molecular formula is C22H22ClN5. The van der Waals surface area contributed by atoms with Gasteiger partial charge in [-0.05, 0) is 48.2 Å². The number of para-hydroxylation sites is 1. The molecule has 0 unspecified atom stereocenters. The first kappa shape index (κ1) is 18.3. The lowest BCUT2D eigenvalue weighted by Crippen LogP contribution is -2.10. The van der Waals surface area contributed by atoms with E-state index in [0.29, 0.717) is 5.95 Å². The molecule has 6 heteroatoms. The van der Waals surface area contributed by atoms with Crippen molar-refractivity contribution < 1.29 is 0 Å². The van der Waals surface area contributed by atoms with Crippen molar-refractivity contribution in [2.75, 3.05) is 23.7 Å². The number of aromatic amines is 1. The molecule has 142 valence electrons. The molecule has 2 heterocycles. The third-order valence-corrected chi connectivity index (χ3v) is 4.89. The number of anilines is 2. The van der Waals surface area contributed by atoms with E-state index >= 15 is 0 Å². The molecule has 0 aliphatic rings. The van der Waals surface area contributed by atoms with Gasteiger partial charge in [0, 0.05) is 41.4 Å². The summed E-state index contributed by atoms with van der Waals surface area (Å²) in [5.74, 6) is 1.45. The highest BCUT2D eigenvalue weighted by Crippen LogP contribution is 2.18. The number of hydrogen-bond donors (Lipinski definition) is 3. The minimum atomic E-state index is 0.635. The minimum absolute atomic E-state index is 0.635. The maximum Gasteiger partial charge on any atom is 0.224 e. The smallest absolute Gasteiger partial charge is 0.224 e. The minimum Gasteiger partial charge on any atom is -0.370 e. The van der Waals surface area contributed by atoms with Crippen LogP contribution in [0.5, 0.6) is 0 Å². The molecule has 2 aromatic heterocycles. The van der Waals surface area contributed by atoms with Crippen LogP contribution in [0, 0.1) is 0 Å². The Bertz CT molecular complexity index is 1040. The number of benzene rings is 2. The van der Waals surface area contributed by atoms with Crippen LogP contribution in [0.3, 0.4) is 0 Å². The van der Waals surface area contributed by atoms with Crippen molar-refractivity contribution in [3.63, 3.8) is 0 Å². The third-order valence-electron chi connectivity index (χ3n) is 4.64. The molecule has 0 aliphatic heterocycles. The van der Waals surface area contributed by atoms with Crippen LogP contribution in [-0.4, -0.2) is 28.0 Å². The normalized spacial score (nSPS) is 10.9. The lowest BCUT2D eigenvalue weighted by molar-refractivity contribution is 0.973. The molecule has 0 saturated heterocycles. The van der Waals surface area contributed by atoms with Gasteiger partial charge in [0.15, 0.2) is 0 Å². The summed E-state index contributed by atoms with van der Waals surface area (Å²) in [6, 6.07) is 18.1. The highest BCUT2D eigenvalue weighted by molar-refractivity contribution is 6.30. The maximum absolute atomic E-state index is 5.92. The highest BCUT2D eigenvalue weighted by Gasteiger charge is 2.04. The Hall–Kier alpha value is -3.05. The summed E-state index contributed by atoms with van der Waals surface area (Å²) in [7, 11) is 0. The fourth-order valence-electron chi connectivity index (χ4n) is 3.18. The number of H-pyrrole nitrogens is 1. The van der Waals surface area contributed by atoms with Gasteiger partial charge in [-0.15, -0.1) is 0 Å². The van der Waals surface area contributed by atoms with Gasteiger partial charge in [-0.25, -0.2) is 4.98 Å². The predicted molar refractivity (Wildman–Crippen MR) is 116 cm³/mol. The van der Waals surface area contributed by atoms with Gasteiger partial charge in [-0.1, -0.05) is 41.9 Å². The fraction of sp³-hybridized carbons (Fsp3) is 0.182. The van der Waals surface area contributed by atoms with E-state index in [1.807, 2.05) is 36.4 Å². The Kier molecular flexibility index (Phi) is 5.73. The van der Waals surface area contributed by atoms with Crippen molar-refractivity contribution in [1.29, 1.82) is 0 Å². The van der Waals surface area contributed by atoms with Gasteiger partial charge in [0.1, 0.15) is 5.82 Å². The van der Waals surface area contributed by atoms with Crippen LogP contribution in [0.1, 0.15) is 11.1 Å². The Labute approximate surface area is 169 Å². The lowest BCUT2D eigenvalue weighted by Gasteiger charge is -2.08. The molecule has 4 aromatic rings. The molecular weight excluding hydrogens is 370 g/mol. The second-order valence-electron chi connectivity index (χ2n) is 6.61. The first-order valence-corrected chi connectivity index (χ1v) is 9.76. The largest absolute Gasteiger partial charge is 0.370 e. The van der Waals surface area contributed by atoms with Crippen LogP contribution in [-0.2, 0) is 12.8 Å². The number of aromatic nitrogens is 3. The molecule has 0 atom stereocenters. The van der Waals surface area contributed by atoms with Crippen molar-refractivity contribution in [1.82, 2.24) is 15.0 Å². The maximum atomic E-state index is 5.92. The van der Waals surface area contributed by atoms with E-state index in [1.165, 1.54) is 22.0 Å². The van der Waals surface area contributed by atoms with Gasteiger partial charge >= 0.3 is 0 Å². The van der Waals surface area contributed by atoms with Gasteiger partial charge in [-0.3, -0.25) is 0 Å². The quantitative estimate of drug-likeness (QED) is 0.399. The average Bonchev–Trinajstić information content (AvgIpc) is 3.13. The molecule has 0 fully saturated rings. The topological polar surface area (TPSA) is 65.6 Å². The number of rotatable bonds is 8. The monoisotopic (exact) mass is 391 g/mol. The second-order valence-corrected chi connectivity index (χ2v) is 7.04. The second kappa shape index (κ2) is 8.76. The number of fused-ring (bicyclic) bond motifs is 1. The Morgan fingerprint density at radius 2 is 1.71 bits per heavy atom. The fourth-order valence-corrected chi connectivity index (χ4v) is 3.30. The van der Waals surface area contributed by atoms with Crippen LogP contribution in [0.2, 0.25) is 5.02 Å². The van der Waals surface area contributed by atoms with Crippen LogP contribution in [0.4, 0.5) is 11.8 Å². The Morgan fingerprint density at radius 3 is 2.61 bits per heavy atom. The summed E-state index contributed by atoms with van der Waals surface area (Å²) in [5.41, 5.74) is 3.70. The van der Waals surface area contributed by atoms with E-state index in [-0.39, 0.29) is 0 Å². The van der Waals surface area contributed by atoms with Crippen LogP contribution >= 0.6 is 11.6 Å². The molecule has 0 aliphatic carbocycles. The van der Waals surface area contributed by atoms with E-state index in [1.54, 1.807) is 6.20 Å². The Balaban J connectivity index is 1.28. The van der Waals surface area contributed by atoms with Crippen molar-refractivity contribution >= 4 is 34.3 Å². The van der Waals surface area contributed by atoms with Gasteiger partial charge in [0.2, 0.25) is 5.95 Å². The number of halogens is 1. The van der Waals surface area contributed by atoms with Crippen molar-refractivity contribution in [2.45, 2.75) is 12.8 Å².